The van der Waals surface area contributed by atoms with Crippen molar-refractivity contribution in [2.75, 3.05) is 23.4 Å². The third kappa shape index (κ3) is 3.83. The molecule has 2 aromatic carbocycles. The summed E-state index contributed by atoms with van der Waals surface area (Å²) in [5.74, 6) is 0.190. The minimum Gasteiger partial charge on any atom is -0.490 e. The Labute approximate surface area is 163 Å². The third-order valence-corrected chi connectivity index (χ3v) is 4.68. The number of hydrogen-bond donors (Lipinski definition) is 1. The normalized spacial score (nSPS) is 15.4. The predicted octanol–water partition coefficient (Wildman–Crippen LogP) is 4.53. The van der Waals surface area contributed by atoms with Gasteiger partial charge in [-0.25, -0.2) is 0 Å². The van der Waals surface area contributed by atoms with Gasteiger partial charge in [0.25, 0.3) is 5.91 Å². The monoisotopic (exact) mass is 384 g/mol. The number of amides is 2. The van der Waals surface area contributed by atoms with Crippen molar-refractivity contribution in [1.82, 2.24) is 0 Å². The first-order valence-corrected chi connectivity index (χ1v) is 8.97. The summed E-state index contributed by atoms with van der Waals surface area (Å²) in [7, 11) is 0. The molecule has 1 aliphatic heterocycles. The fourth-order valence-corrected chi connectivity index (χ4v) is 3.10. The van der Waals surface area contributed by atoms with Crippen molar-refractivity contribution < 1.29 is 14.3 Å². The Kier molecular flexibility index (Phi) is 5.24. The molecule has 2 aromatic rings. The van der Waals surface area contributed by atoms with Crippen molar-refractivity contribution in [3.05, 3.63) is 65.7 Å². The zero-order valence-corrected chi connectivity index (χ0v) is 16.0. The zero-order valence-electron chi connectivity index (χ0n) is 15.3. The molecule has 3 rings (SSSR count). The summed E-state index contributed by atoms with van der Waals surface area (Å²) in [5, 5.41) is 3.20. The van der Waals surface area contributed by atoms with Gasteiger partial charge in [0, 0.05) is 18.3 Å². The van der Waals surface area contributed by atoms with Gasteiger partial charge < -0.3 is 15.0 Å². The van der Waals surface area contributed by atoms with Crippen molar-refractivity contribution in [3.63, 3.8) is 0 Å². The molecule has 0 atom stereocenters. The SMILES string of the molecule is C=CCN1C(=O)C(C)(C)COc2cc(NC(=O)c3ccccc3Cl)ccc21. The Morgan fingerprint density at radius 3 is 2.78 bits per heavy atom. The number of halogens is 1. The summed E-state index contributed by atoms with van der Waals surface area (Å²) in [6.45, 7) is 8.05. The Hall–Kier alpha value is -2.79. The van der Waals surface area contributed by atoms with Gasteiger partial charge in [0.2, 0.25) is 5.91 Å². The molecule has 0 spiro atoms. The molecule has 0 saturated heterocycles. The molecule has 27 heavy (non-hydrogen) atoms. The van der Waals surface area contributed by atoms with Crippen LogP contribution in [0.2, 0.25) is 5.02 Å². The maximum Gasteiger partial charge on any atom is 0.257 e. The Morgan fingerprint density at radius 1 is 1.33 bits per heavy atom. The molecule has 1 heterocycles. The molecule has 0 bridgehead atoms. The highest BCUT2D eigenvalue weighted by Crippen LogP contribution is 2.38. The van der Waals surface area contributed by atoms with Gasteiger partial charge in [0.1, 0.15) is 12.4 Å². The second-order valence-electron chi connectivity index (χ2n) is 6.99. The molecule has 0 saturated carbocycles. The van der Waals surface area contributed by atoms with Gasteiger partial charge in [0.15, 0.2) is 0 Å². The fourth-order valence-electron chi connectivity index (χ4n) is 2.88. The van der Waals surface area contributed by atoms with Crippen LogP contribution in [0.5, 0.6) is 5.75 Å². The second kappa shape index (κ2) is 7.45. The second-order valence-corrected chi connectivity index (χ2v) is 7.40. The lowest BCUT2D eigenvalue weighted by molar-refractivity contribution is -0.127. The fraction of sp³-hybridized carbons (Fsp3) is 0.238. The summed E-state index contributed by atoms with van der Waals surface area (Å²) in [6, 6.07) is 12.1. The molecule has 2 amide bonds. The van der Waals surface area contributed by atoms with Gasteiger partial charge in [-0.2, -0.15) is 0 Å². The van der Waals surface area contributed by atoms with Gasteiger partial charge in [-0.1, -0.05) is 29.8 Å². The summed E-state index contributed by atoms with van der Waals surface area (Å²) < 4.78 is 5.89. The summed E-state index contributed by atoms with van der Waals surface area (Å²) in [4.78, 5) is 26.9. The van der Waals surface area contributed by atoms with E-state index in [1.54, 1.807) is 53.4 Å². The summed E-state index contributed by atoms with van der Waals surface area (Å²) >= 11 is 6.08. The standard InChI is InChI=1S/C21H21ClN2O3/c1-4-11-24-17-10-9-14(12-18(17)27-13-21(2,3)20(24)26)23-19(25)15-7-5-6-8-16(15)22/h4-10,12H,1,11,13H2,2-3H3,(H,23,25). The van der Waals surface area contributed by atoms with E-state index < -0.39 is 5.41 Å². The predicted molar refractivity (Wildman–Crippen MR) is 108 cm³/mol. The number of anilines is 2. The molecule has 5 nitrogen and oxygen atoms in total. The van der Waals surface area contributed by atoms with Crippen LogP contribution in [0.15, 0.2) is 55.1 Å². The summed E-state index contributed by atoms with van der Waals surface area (Å²) in [6.07, 6.45) is 1.68. The van der Waals surface area contributed by atoms with E-state index in [0.29, 0.717) is 34.3 Å². The van der Waals surface area contributed by atoms with E-state index in [0.717, 1.165) is 0 Å². The van der Waals surface area contributed by atoms with Gasteiger partial charge in [-0.05, 0) is 38.1 Å². The van der Waals surface area contributed by atoms with Crippen molar-refractivity contribution in [1.29, 1.82) is 0 Å². The number of carbonyl (C=O) groups is 2. The topological polar surface area (TPSA) is 58.6 Å². The van der Waals surface area contributed by atoms with Crippen LogP contribution in [0, 0.1) is 5.41 Å². The number of rotatable bonds is 4. The van der Waals surface area contributed by atoms with Crippen LogP contribution in [-0.2, 0) is 4.79 Å². The first-order valence-electron chi connectivity index (χ1n) is 8.59. The Bertz CT molecular complexity index is 908. The number of fused-ring (bicyclic) bond motifs is 1. The van der Waals surface area contributed by atoms with E-state index >= 15 is 0 Å². The van der Waals surface area contributed by atoms with Gasteiger partial charge in [-0.3, -0.25) is 9.59 Å². The van der Waals surface area contributed by atoms with Gasteiger partial charge >= 0.3 is 0 Å². The van der Waals surface area contributed by atoms with Gasteiger partial charge in [-0.15, -0.1) is 6.58 Å². The van der Waals surface area contributed by atoms with Crippen LogP contribution in [0.1, 0.15) is 24.2 Å². The average molecular weight is 385 g/mol. The molecule has 140 valence electrons. The number of hydrogen-bond acceptors (Lipinski definition) is 3. The lowest BCUT2D eigenvalue weighted by Gasteiger charge is -2.27. The van der Waals surface area contributed by atoms with E-state index in [-0.39, 0.29) is 18.4 Å². The number of ether oxygens (including phenoxy) is 1. The molecule has 0 radical (unpaired) electrons. The van der Waals surface area contributed by atoms with Crippen LogP contribution >= 0.6 is 11.6 Å². The van der Waals surface area contributed by atoms with Crippen molar-refractivity contribution in [2.45, 2.75) is 13.8 Å². The molecular weight excluding hydrogens is 364 g/mol. The van der Waals surface area contributed by atoms with Crippen molar-refractivity contribution >= 4 is 34.8 Å². The molecular formula is C21H21ClN2O3. The van der Waals surface area contributed by atoms with Gasteiger partial charge in [0.05, 0.1) is 21.7 Å². The first-order chi connectivity index (χ1) is 12.8. The van der Waals surface area contributed by atoms with E-state index in [1.165, 1.54) is 0 Å². The molecule has 6 heteroatoms. The number of carbonyl (C=O) groups excluding carboxylic acids is 2. The maximum atomic E-state index is 12.8. The van der Waals surface area contributed by atoms with Crippen LogP contribution < -0.4 is 15.0 Å². The quantitative estimate of drug-likeness (QED) is 0.788. The van der Waals surface area contributed by atoms with Crippen molar-refractivity contribution in [2.24, 2.45) is 5.41 Å². The largest absolute Gasteiger partial charge is 0.490 e. The minimum absolute atomic E-state index is 0.0333. The summed E-state index contributed by atoms with van der Waals surface area (Å²) in [5.41, 5.74) is 0.938. The molecule has 0 aromatic heterocycles. The molecule has 0 aliphatic carbocycles. The highest BCUT2D eigenvalue weighted by atomic mass is 35.5. The molecule has 0 unspecified atom stereocenters. The minimum atomic E-state index is -0.664. The number of benzene rings is 2. The highest BCUT2D eigenvalue weighted by Gasteiger charge is 2.37. The van der Waals surface area contributed by atoms with Crippen LogP contribution in [-0.4, -0.2) is 25.0 Å². The zero-order chi connectivity index (χ0) is 19.6. The molecule has 1 aliphatic rings. The van der Waals surface area contributed by atoms with E-state index in [9.17, 15) is 9.59 Å². The lowest BCUT2D eigenvalue weighted by atomic mass is 9.93. The average Bonchev–Trinajstić information content (AvgIpc) is 2.72. The van der Waals surface area contributed by atoms with Crippen LogP contribution in [0.25, 0.3) is 0 Å². The van der Waals surface area contributed by atoms with Crippen molar-refractivity contribution in [3.8, 4) is 5.75 Å². The smallest absolute Gasteiger partial charge is 0.257 e. The highest BCUT2D eigenvalue weighted by molar-refractivity contribution is 6.34. The van der Waals surface area contributed by atoms with E-state index in [2.05, 4.69) is 11.9 Å². The van der Waals surface area contributed by atoms with Crippen LogP contribution in [0.4, 0.5) is 11.4 Å². The lowest BCUT2D eigenvalue weighted by Crippen LogP contribution is -2.42. The molecule has 0 fully saturated rings. The first kappa shape index (κ1) is 19.0. The maximum absolute atomic E-state index is 12.8. The Morgan fingerprint density at radius 2 is 2.07 bits per heavy atom. The Balaban J connectivity index is 1.91. The van der Waals surface area contributed by atoms with Crippen LogP contribution in [0.3, 0.4) is 0 Å². The van der Waals surface area contributed by atoms with E-state index in [4.69, 9.17) is 16.3 Å². The third-order valence-electron chi connectivity index (χ3n) is 4.35. The van der Waals surface area contributed by atoms with E-state index in [1.807, 2.05) is 13.8 Å². The number of nitrogens with zero attached hydrogens (tertiary/aromatic N) is 1. The molecule has 1 N–H and O–H groups in total. The number of nitrogens with one attached hydrogen (secondary N) is 1.